The molecule has 1 saturated heterocycles. The van der Waals surface area contributed by atoms with Crippen LogP contribution in [0.2, 0.25) is 0 Å². The van der Waals surface area contributed by atoms with Gasteiger partial charge in [-0.2, -0.15) is 24.9 Å². The van der Waals surface area contributed by atoms with E-state index in [1.165, 1.54) is 11.8 Å². The lowest BCUT2D eigenvalue weighted by molar-refractivity contribution is -0.153. The van der Waals surface area contributed by atoms with E-state index in [0.29, 0.717) is 12.2 Å². The predicted octanol–water partition coefficient (Wildman–Crippen LogP) is 1.22. The Labute approximate surface area is 94.5 Å². The van der Waals surface area contributed by atoms with E-state index < -0.39 is 30.7 Å². The molecule has 1 heterocycles. The van der Waals surface area contributed by atoms with Crippen LogP contribution in [-0.2, 0) is 4.79 Å². The molecule has 8 heteroatoms. The predicted molar refractivity (Wildman–Crippen MR) is 53.1 cm³/mol. The highest BCUT2D eigenvalue weighted by molar-refractivity contribution is 7.98. The molecule has 3 amide bonds. The zero-order chi connectivity index (χ0) is 12.3. The minimum Gasteiger partial charge on any atom is -0.326 e. The summed E-state index contributed by atoms with van der Waals surface area (Å²) in [6, 6.07) is -1.78. The molecule has 1 N–H and O–H groups in total. The van der Waals surface area contributed by atoms with E-state index in [4.69, 9.17) is 0 Å². The average molecular weight is 256 g/mol. The molecule has 0 radical (unpaired) electrons. The van der Waals surface area contributed by atoms with Gasteiger partial charge in [-0.15, -0.1) is 0 Å². The molecule has 1 atom stereocenters. The SMILES string of the molecule is CSCCC1NC(=O)N(CC(F)(F)F)C1=O. The van der Waals surface area contributed by atoms with Crippen LogP contribution in [0.15, 0.2) is 0 Å². The van der Waals surface area contributed by atoms with E-state index in [2.05, 4.69) is 5.32 Å². The molecule has 1 aliphatic heterocycles. The fourth-order valence-corrected chi connectivity index (χ4v) is 1.81. The summed E-state index contributed by atoms with van der Waals surface area (Å²) in [5.41, 5.74) is 0. The maximum Gasteiger partial charge on any atom is 0.406 e. The van der Waals surface area contributed by atoms with Gasteiger partial charge in [0.25, 0.3) is 5.91 Å². The fourth-order valence-electron chi connectivity index (χ4n) is 1.34. The largest absolute Gasteiger partial charge is 0.406 e. The lowest BCUT2D eigenvalue weighted by Gasteiger charge is -2.14. The highest BCUT2D eigenvalue weighted by Crippen LogP contribution is 2.20. The Morgan fingerprint density at radius 2 is 2.06 bits per heavy atom. The van der Waals surface area contributed by atoms with Crippen LogP contribution in [0, 0.1) is 0 Å². The van der Waals surface area contributed by atoms with Gasteiger partial charge in [0, 0.05) is 0 Å². The molecule has 0 saturated carbocycles. The summed E-state index contributed by atoms with van der Waals surface area (Å²) >= 11 is 1.46. The van der Waals surface area contributed by atoms with Crippen LogP contribution < -0.4 is 5.32 Å². The number of carbonyl (C=O) groups excluding carboxylic acids is 2. The molecule has 1 aliphatic rings. The number of nitrogens with one attached hydrogen (secondary N) is 1. The van der Waals surface area contributed by atoms with Crippen molar-refractivity contribution in [1.29, 1.82) is 0 Å². The highest BCUT2D eigenvalue weighted by atomic mass is 32.2. The molecule has 92 valence electrons. The normalized spacial score (nSPS) is 21.5. The molecule has 0 aromatic heterocycles. The van der Waals surface area contributed by atoms with E-state index in [1.54, 1.807) is 0 Å². The van der Waals surface area contributed by atoms with Crippen LogP contribution in [0.1, 0.15) is 6.42 Å². The van der Waals surface area contributed by atoms with E-state index in [-0.39, 0.29) is 4.90 Å². The molecule has 0 aromatic rings. The smallest absolute Gasteiger partial charge is 0.326 e. The number of hydrogen-bond acceptors (Lipinski definition) is 3. The standard InChI is InChI=1S/C8H11F3N2O2S/c1-16-3-2-5-6(14)13(7(15)12-5)4-8(9,10)11/h5H,2-4H2,1H3,(H,12,15). The van der Waals surface area contributed by atoms with Crippen LogP contribution in [-0.4, -0.2) is 47.6 Å². The third-order valence-electron chi connectivity index (χ3n) is 2.06. The molecule has 1 unspecified atom stereocenters. The second-order valence-electron chi connectivity index (χ2n) is 3.32. The van der Waals surface area contributed by atoms with E-state index in [9.17, 15) is 22.8 Å². The van der Waals surface area contributed by atoms with Crippen LogP contribution in [0.4, 0.5) is 18.0 Å². The number of hydrogen-bond donors (Lipinski definition) is 1. The van der Waals surface area contributed by atoms with Crippen LogP contribution in [0.3, 0.4) is 0 Å². The van der Waals surface area contributed by atoms with Crippen molar-refractivity contribution in [2.24, 2.45) is 0 Å². The van der Waals surface area contributed by atoms with Crippen LogP contribution >= 0.6 is 11.8 Å². The Bertz CT molecular complexity index is 295. The quantitative estimate of drug-likeness (QED) is 0.769. The van der Waals surface area contributed by atoms with Gasteiger partial charge in [0.15, 0.2) is 0 Å². The van der Waals surface area contributed by atoms with Gasteiger partial charge in [0.05, 0.1) is 0 Å². The first-order valence-corrected chi connectivity index (χ1v) is 5.92. The van der Waals surface area contributed by atoms with Gasteiger partial charge in [-0.05, 0) is 18.4 Å². The third kappa shape index (κ3) is 3.29. The van der Waals surface area contributed by atoms with Crippen molar-refractivity contribution >= 4 is 23.7 Å². The molecular formula is C8H11F3N2O2S. The number of amides is 3. The molecular weight excluding hydrogens is 245 g/mol. The van der Waals surface area contributed by atoms with Crippen molar-refractivity contribution < 1.29 is 22.8 Å². The molecule has 1 fully saturated rings. The summed E-state index contributed by atoms with van der Waals surface area (Å²) in [5, 5.41) is 2.24. The Balaban J connectivity index is 2.61. The Morgan fingerprint density at radius 1 is 1.44 bits per heavy atom. The lowest BCUT2D eigenvalue weighted by Crippen LogP contribution is -2.39. The zero-order valence-corrected chi connectivity index (χ0v) is 9.32. The third-order valence-corrected chi connectivity index (χ3v) is 2.70. The minimum absolute atomic E-state index is 0.213. The molecule has 0 aromatic carbocycles. The molecule has 16 heavy (non-hydrogen) atoms. The number of imide groups is 1. The van der Waals surface area contributed by atoms with Gasteiger partial charge in [0.1, 0.15) is 12.6 Å². The summed E-state index contributed by atoms with van der Waals surface area (Å²) < 4.78 is 36.2. The first-order chi connectivity index (χ1) is 7.35. The number of urea groups is 1. The lowest BCUT2D eigenvalue weighted by atomic mass is 10.2. The van der Waals surface area contributed by atoms with Gasteiger partial charge in [-0.1, -0.05) is 0 Å². The van der Waals surface area contributed by atoms with Gasteiger partial charge in [-0.3, -0.25) is 9.69 Å². The number of thioether (sulfide) groups is 1. The first kappa shape index (κ1) is 13.1. The molecule has 4 nitrogen and oxygen atoms in total. The zero-order valence-electron chi connectivity index (χ0n) is 8.50. The van der Waals surface area contributed by atoms with Crippen molar-refractivity contribution in [2.45, 2.75) is 18.6 Å². The fraction of sp³-hybridized carbons (Fsp3) is 0.750. The summed E-state index contributed by atoms with van der Waals surface area (Å²) in [5.74, 6) is -0.187. The van der Waals surface area contributed by atoms with Crippen LogP contribution in [0.5, 0.6) is 0 Å². The van der Waals surface area contributed by atoms with Crippen molar-refractivity contribution in [2.75, 3.05) is 18.6 Å². The first-order valence-electron chi connectivity index (χ1n) is 4.52. The second kappa shape index (κ2) is 4.94. The molecule has 0 bridgehead atoms. The topological polar surface area (TPSA) is 49.4 Å². The summed E-state index contributed by atoms with van der Waals surface area (Å²) in [6.07, 6.45) is -2.39. The Kier molecular flexibility index (Phi) is 4.06. The van der Waals surface area contributed by atoms with Crippen molar-refractivity contribution in [3.63, 3.8) is 0 Å². The minimum atomic E-state index is -4.55. The molecule has 0 spiro atoms. The Hall–Kier alpha value is -0.920. The number of halogens is 3. The average Bonchev–Trinajstić information content (AvgIpc) is 2.40. The van der Waals surface area contributed by atoms with Gasteiger partial charge in [0.2, 0.25) is 0 Å². The van der Waals surface area contributed by atoms with Crippen LogP contribution in [0.25, 0.3) is 0 Å². The number of alkyl halides is 3. The van der Waals surface area contributed by atoms with E-state index in [0.717, 1.165) is 0 Å². The molecule has 1 rings (SSSR count). The highest BCUT2D eigenvalue weighted by Gasteiger charge is 2.43. The second-order valence-corrected chi connectivity index (χ2v) is 4.31. The Morgan fingerprint density at radius 3 is 2.56 bits per heavy atom. The number of carbonyl (C=O) groups is 2. The number of nitrogens with zero attached hydrogens (tertiary/aromatic N) is 1. The maximum absolute atomic E-state index is 12.1. The molecule has 0 aliphatic carbocycles. The summed E-state index contributed by atoms with van der Waals surface area (Å²) in [4.78, 5) is 22.8. The van der Waals surface area contributed by atoms with Crippen molar-refractivity contribution in [3.05, 3.63) is 0 Å². The summed E-state index contributed by atoms with van der Waals surface area (Å²) in [7, 11) is 0. The van der Waals surface area contributed by atoms with E-state index >= 15 is 0 Å². The van der Waals surface area contributed by atoms with E-state index in [1.807, 2.05) is 6.26 Å². The van der Waals surface area contributed by atoms with Crippen molar-refractivity contribution in [1.82, 2.24) is 10.2 Å². The van der Waals surface area contributed by atoms with Gasteiger partial charge >= 0.3 is 12.2 Å². The monoisotopic (exact) mass is 256 g/mol. The number of rotatable bonds is 4. The van der Waals surface area contributed by atoms with Gasteiger partial charge < -0.3 is 5.32 Å². The van der Waals surface area contributed by atoms with Gasteiger partial charge in [-0.25, -0.2) is 4.79 Å². The maximum atomic E-state index is 12.1. The summed E-state index contributed by atoms with van der Waals surface area (Å²) in [6.45, 7) is -1.52. The van der Waals surface area contributed by atoms with Crippen molar-refractivity contribution in [3.8, 4) is 0 Å².